The summed E-state index contributed by atoms with van der Waals surface area (Å²) in [6.45, 7) is 4.24. The van der Waals surface area contributed by atoms with Gasteiger partial charge in [0.05, 0.1) is 0 Å². The van der Waals surface area contributed by atoms with Crippen molar-refractivity contribution in [1.82, 2.24) is 0 Å². The number of hydrogen-bond acceptors (Lipinski definition) is 2. The molecule has 0 aliphatic rings. The van der Waals surface area contributed by atoms with Gasteiger partial charge >= 0.3 is 5.97 Å². The molecule has 110 valence electrons. The van der Waals surface area contributed by atoms with E-state index in [-0.39, 0.29) is 12.3 Å². The van der Waals surface area contributed by atoms with Crippen LogP contribution in [-0.2, 0) is 9.59 Å². The highest BCUT2D eigenvalue weighted by Gasteiger charge is 2.12. The summed E-state index contributed by atoms with van der Waals surface area (Å²) in [5, 5.41) is 8.55. The van der Waals surface area contributed by atoms with Crippen LogP contribution < -0.4 is 4.90 Å². The van der Waals surface area contributed by atoms with Gasteiger partial charge in [0.25, 0.3) is 0 Å². The Hall–Kier alpha value is -1.84. The van der Waals surface area contributed by atoms with Crippen molar-refractivity contribution in [3.8, 4) is 0 Å². The molecule has 1 rings (SSSR count). The van der Waals surface area contributed by atoms with E-state index in [2.05, 4.69) is 19.9 Å². The lowest BCUT2D eigenvalue weighted by atomic mass is 10.0. The molecule has 0 radical (unpaired) electrons. The summed E-state index contributed by atoms with van der Waals surface area (Å²) >= 11 is 0. The van der Waals surface area contributed by atoms with Crippen molar-refractivity contribution in [2.75, 3.05) is 11.9 Å². The Kier molecular flexibility index (Phi) is 6.22. The zero-order chi connectivity index (χ0) is 15.1. The number of anilines is 1. The third kappa shape index (κ3) is 5.03. The molecule has 0 fully saturated rings. The Morgan fingerprint density at radius 2 is 1.85 bits per heavy atom. The van der Waals surface area contributed by atoms with E-state index in [1.54, 1.807) is 11.9 Å². The van der Waals surface area contributed by atoms with Gasteiger partial charge in [-0.25, -0.2) is 0 Å². The number of unbranched alkanes of at least 4 members (excludes halogenated alkanes) is 1. The van der Waals surface area contributed by atoms with E-state index < -0.39 is 5.97 Å². The Balaban J connectivity index is 2.56. The van der Waals surface area contributed by atoms with Gasteiger partial charge in [-0.2, -0.15) is 0 Å². The van der Waals surface area contributed by atoms with Gasteiger partial charge in [0, 0.05) is 25.6 Å². The third-order valence-corrected chi connectivity index (χ3v) is 3.33. The summed E-state index contributed by atoms with van der Waals surface area (Å²) in [6.07, 6.45) is 1.66. The Morgan fingerprint density at radius 1 is 1.20 bits per heavy atom. The number of hydrogen-bond donors (Lipinski definition) is 1. The first kappa shape index (κ1) is 16.2. The highest BCUT2D eigenvalue weighted by Crippen LogP contribution is 2.21. The number of nitrogens with zero attached hydrogens (tertiary/aromatic N) is 1. The molecule has 1 N–H and O–H groups in total. The maximum Gasteiger partial charge on any atom is 0.303 e. The number of benzene rings is 1. The van der Waals surface area contributed by atoms with E-state index in [0.717, 1.165) is 5.69 Å². The minimum absolute atomic E-state index is 0.0243. The van der Waals surface area contributed by atoms with Crippen molar-refractivity contribution in [2.45, 2.75) is 45.4 Å². The number of carbonyl (C=O) groups is 2. The van der Waals surface area contributed by atoms with Gasteiger partial charge in [-0.1, -0.05) is 26.0 Å². The van der Waals surface area contributed by atoms with Crippen LogP contribution in [-0.4, -0.2) is 24.0 Å². The molecular formula is C16H23NO3. The molecule has 1 aromatic rings. The standard InChI is InChI=1S/C16H23NO3/c1-12(2)13-7-6-8-14(11-13)17(3)15(18)9-4-5-10-16(19)20/h6-8,11-12H,4-5,9-10H2,1-3H3,(H,19,20). The summed E-state index contributed by atoms with van der Waals surface area (Å²) in [5.41, 5.74) is 2.09. The third-order valence-electron chi connectivity index (χ3n) is 3.33. The minimum Gasteiger partial charge on any atom is -0.481 e. The minimum atomic E-state index is -0.810. The first-order valence-electron chi connectivity index (χ1n) is 7.00. The maximum absolute atomic E-state index is 12.0. The molecule has 0 aromatic heterocycles. The van der Waals surface area contributed by atoms with Crippen molar-refractivity contribution in [2.24, 2.45) is 0 Å². The molecule has 20 heavy (non-hydrogen) atoms. The highest BCUT2D eigenvalue weighted by molar-refractivity contribution is 5.92. The van der Waals surface area contributed by atoms with Crippen LogP contribution in [0.3, 0.4) is 0 Å². The number of rotatable bonds is 7. The molecule has 0 heterocycles. The SMILES string of the molecule is CC(C)c1cccc(N(C)C(=O)CCCCC(=O)O)c1. The van der Waals surface area contributed by atoms with Gasteiger partial charge in [0.2, 0.25) is 5.91 Å². The van der Waals surface area contributed by atoms with Crippen molar-refractivity contribution < 1.29 is 14.7 Å². The molecule has 4 nitrogen and oxygen atoms in total. The van der Waals surface area contributed by atoms with Crippen molar-refractivity contribution in [1.29, 1.82) is 0 Å². The summed E-state index contributed by atoms with van der Waals surface area (Å²) in [4.78, 5) is 24.1. The largest absolute Gasteiger partial charge is 0.481 e. The molecule has 0 saturated carbocycles. The highest BCUT2D eigenvalue weighted by atomic mass is 16.4. The van der Waals surface area contributed by atoms with E-state index in [0.29, 0.717) is 25.2 Å². The Morgan fingerprint density at radius 3 is 2.45 bits per heavy atom. The zero-order valence-electron chi connectivity index (χ0n) is 12.4. The summed E-state index contributed by atoms with van der Waals surface area (Å²) < 4.78 is 0. The molecule has 4 heteroatoms. The first-order valence-corrected chi connectivity index (χ1v) is 7.00. The summed E-state index contributed by atoms with van der Waals surface area (Å²) in [6, 6.07) is 7.96. The van der Waals surface area contributed by atoms with Crippen LogP contribution in [0.4, 0.5) is 5.69 Å². The molecule has 0 saturated heterocycles. The van der Waals surface area contributed by atoms with Crippen LogP contribution in [0, 0.1) is 0 Å². The van der Waals surface area contributed by atoms with Crippen molar-refractivity contribution >= 4 is 17.6 Å². The van der Waals surface area contributed by atoms with Gasteiger partial charge < -0.3 is 10.0 Å². The lowest BCUT2D eigenvalue weighted by Crippen LogP contribution is -2.26. The lowest BCUT2D eigenvalue weighted by molar-refractivity contribution is -0.137. The van der Waals surface area contributed by atoms with Gasteiger partial charge in [0.1, 0.15) is 0 Å². The first-order chi connectivity index (χ1) is 9.41. The molecule has 0 aliphatic heterocycles. The van der Waals surface area contributed by atoms with Crippen LogP contribution in [0.25, 0.3) is 0 Å². The Labute approximate surface area is 120 Å². The second-order valence-electron chi connectivity index (χ2n) is 5.30. The molecule has 0 spiro atoms. The van der Waals surface area contributed by atoms with Crippen molar-refractivity contribution in [3.63, 3.8) is 0 Å². The smallest absolute Gasteiger partial charge is 0.303 e. The van der Waals surface area contributed by atoms with E-state index in [1.165, 1.54) is 5.56 Å². The second kappa shape index (κ2) is 7.68. The van der Waals surface area contributed by atoms with E-state index in [1.807, 2.05) is 18.2 Å². The number of carbonyl (C=O) groups excluding carboxylic acids is 1. The van der Waals surface area contributed by atoms with E-state index in [4.69, 9.17) is 5.11 Å². The fourth-order valence-electron chi connectivity index (χ4n) is 1.96. The number of aliphatic carboxylic acids is 1. The van der Waals surface area contributed by atoms with Gasteiger partial charge in [0.15, 0.2) is 0 Å². The average molecular weight is 277 g/mol. The monoisotopic (exact) mass is 277 g/mol. The zero-order valence-corrected chi connectivity index (χ0v) is 12.4. The van der Waals surface area contributed by atoms with Crippen LogP contribution in [0.15, 0.2) is 24.3 Å². The van der Waals surface area contributed by atoms with Crippen LogP contribution in [0.1, 0.15) is 51.0 Å². The van der Waals surface area contributed by atoms with E-state index >= 15 is 0 Å². The number of carboxylic acids is 1. The fourth-order valence-corrected chi connectivity index (χ4v) is 1.96. The molecule has 1 aromatic carbocycles. The van der Waals surface area contributed by atoms with Crippen molar-refractivity contribution in [3.05, 3.63) is 29.8 Å². The predicted octanol–water partition coefficient (Wildman–Crippen LogP) is 3.42. The normalized spacial score (nSPS) is 10.6. The van der Waals surface area contributed by atoms with Crippen LogP contribution >= 0.6 is 0 Å². The Bertz CT molecular complexity index is 469. The molecule has 1 amide bonds. The molecule has 0 atom stereocenters. The molecule has 0 bridgehead atoms. The average Bonchev–Trinajstić information content (AvgIpc) is 2.42. The van der Waals surface area contributed by atoms with Gasteiger partial charge in [-0.15, -0.1) is 0 Å². The van der Waals surface area contributed by atoms with Gasteiger partial charge in [-0.05, 0) is 36.5 Å². The van der Waals surface area contributed by atoms with Gasteiger partial charge in [-0.3, -0.25) is 9.59 Å². The van der Waals surface area contributed by atoms with Crippen LogP contribution in [0.5, 0.6) is 0 Å². The number of amides is 1. The topological polar surface area (TPSA) is 57.6 Å². The molecular weight excluding hydrogens is 254 g/mol. The predicted molar refractivity (Wildman–Crippen MR) is 80.0 cm³/mol. The van der Waals surface area contributed by atoms with E-state index in [9.17, 15) is 9.59 Å². The number of carboxylic acid groups (broad SMARTS) is 1. The van der Waals surface area contributed by atoms with Crippen LogP contribution in [0.2, 0.25) is 0 Å². The fraction of sp³-hybridized carbons (Fsp3) is 0.500. The molecule has 0 aliphatic carbocycles. The summed E-state index contributed by atoms with van der Waals surface area (Å²) in [7, 11) is 1.76. The molecule has 0 unspecified atom stereocenters. The lowest BCUT2D eigenvalue weighted by Gasteiger charge is -2.19. The maximum atomic E-state index is 12.0. The second-order valence-corrected chi connectivity index (χ2v) is 5.30. The summed E-state index contributed by atoms with van der Waals surface area (Å²) in [5.74, 6) is -0.360. The quantitative estimate of drug-likeness (QED) is 0.777.